The molecule has 1 aromatic rings. The zero-order valence-electron chi connectivity index (χ0n) is 7.40. The van der Waals surface area contributed by atoms with Crippen molar-refractivity contribution in [2.24, 2.45) is 0 Å². The Balaban J connectivity index is 3.64. The summed E-state index contributed by atoms with van der Waals surface area (Å²) in [6.07, 6.45) is 0. The number of aromatic hydroxyl groups is 1. The molecule has 0 atom stereocenters. The molecule has 5 heteroatoms. The van der Waals surface area contributed by atoms with Gasteiger partial charge in [0.2, 0.25) is 0 Å². The molecule has 0 fully saturated rings. The molecule has 0 spiro atoms. The van der Waals surface area contributed by atoms with E-state index in [1.54, 1.807) is 13.0 Å². The average molecular weight is 192 g/mol. The molecule has 0 aromatic heterocycles. The smallest absolute Gasteiger partial charge is 0.340 e. The molecule has 0 radical (unpaired) electrons. The van der Waals surface area contributed by atoms with Crippen LogP contribution in [0.1, 0.15) is 21.5 Å². The number of phenols is 1. The van der Waals surface area contributed by atoms with Crippen LogP contribution in [0.15, 0.2) is 6.07 Å². The minimum atomic E-state index is -1.37. The van der Waals surface area contributed by atoms with Crippen molar-refractivity contribution in [3.8, 4) is 11.8 Å². The molecule has 0 aliphatic carbocycles. The number of anilines is 1. The predicted molar refractivity (Wildman–Crippen MR) is 48.9 cm³/mol. The molecule has 14 heavy (non-hydrogen) atoms. The molecule has 0 unspecified atom stereocenters. The lowest BCUT2D eigenvalue weighted by atomic mass is 10.0. The highest BCUT2D eigenvalue weighted by atomic mass is 16.4. The first-order chi connectivity index (χ1) is 6.49. The Bertz CT molecular complexity index is 446. The minimum absolute atomic E-state index is 0.0126. The van der Waals surface area contributed by atoms with Crippen LogP contribution in [0.25, 0.3) is 0 Å². The van der Waals surface area contributed by atoms with Crippen LogP contribution in [0.3, 0.4) is 0 Å². The van der Waals surface area contributed by atoms with Crippen LogP contribution >= 0.6 is 0 Å². The number of nitrogens with zero attached hydrogens (tertiary/aromatic N) is 1. The molecular formula is C9H8N2O3. The fraction of sp³-hybridized carbons (Fsp3) is 0.111. The lowest BCUT2D eigenvalue weighted by Crippen LogP contribution is -2.04. The van der Waals surface area contributed by atoms with Crippen molar-refractivity contribution < 1.29 is 15.0 Å². The van der Waals surface area contributed by atoms with Crippen LogP contribution in [0.2, 0.25) is 0 Å². The second-order valence-electron chi connectivity index (χ2n) is 2.80. The van der Waals surface area contributed by atoms with Crippen molar-refractivity contribution >= 4 is 11.7 Å². The second-order valence-corrected chi connectivity index (χ2v) is 2.80. The Labute approximate surface area is 80.0 Å². The van der Waals surface area contributed by atoms with Crippen molar-refractivity contribution in [3.63, 3.8) is 0 Å². The quantitative estimate of drug-likeness (QED) is 0.451. The number of aryl methyl sites for hydroxylation is 1. The van der Waals surface area contributed by atoms with Crippen molar-refractivity contribution in [3.05, 3.63) is 22.8 Å². The number of carboxylic acid groups (broad SMARTS) is 1. The summed E-state index contributed by atoms with van der Waals surface area (Å²) in [6.45, 7) is 1.58. The van der Waals surface area contributed by atoms with E-state index in [1.807, 2.05) is 0 Å². The van der Waals surface area contributed by atoms with Crippen LogP contribution < -0.4 is 5.73 Å². The maximum Gasteiger partial charge on any atom is 0.340 e. The van der Waals surface area contributed by atoms with Crippen molar-refractivity contribution in [1.82, 2.24) is 0 Å². The number of hydrogen-bond acceptors (Lipinski definition) is 4. The normalized spacial score (nSPS) is 9.43. The summed E-state index contributed by atoms with van der Waals surface area (Å²) in [5.74, 6) is -1.92. The van der Waals surface area contributed by atoms with Gasteiger partial charge in [0.15, 0.2) is 5.75 Å². The second kappa shape index (κ2) is 3.26. The van der Waals surface area contributed by atoms with E-state index >= 15 is 0 Å². The van der Waals surface area contributed by atoms with Crippen LogP contribution in [-0.2, 0) is 0 Å². The van der Waals surface area contributed by atoms with E-state index < -0.39 is 17.3 Å². The molecule has 0 saturated heterocycles. The van der Waals surface area contributed by atoms with Gasteiger partial charge in [-0.1, -0.05) is 0 Å². The first-order valence-corrected chi connectivity index (χ1v) is 3.74. The van der Waals surface area contributed by atoms with E-state index in [0.29, 0.717) is 5.56 Å². The van der Waals surface area contributed by atoms with Crippen molar-refractivity contribution in [2.75, 3.05) is 5.73 Å². The van der Waals surface area contributed by atoms with Crippen LogP contribution in [0, 0.1) is 18.3 Å². The van der Waals surface area contributed by atoms with Gasteiger partial charge in [-0.3, -0.25) is 0 Å². The summed E-state index contributed by atoms with van der Waals surface area (Å²) < 4.78 is 0. The molecule has 1 rings (SSSR count). The van der Waals surface area contributed by atoms with Gasteiger partial charge < -0.3 is 15.9 Å². The third-order valence-corrected chi connectivity index (χ3v) is 1.88. The van der Waals surface area contributed by atoms with E-state index in [2.05, 4.69) is 0 Å². The highest BCUT2D eigenvalue weighted by Gasteiger charge is 2.19. The molecule has 0 amide bonds. The minimum Gasteiger partial charge on any atom is -0.505 e. The van der Waals surface area contributed by atoms with Crippen molar-refractivity contribution in [1.29, 1.82) is 5.26 Å². The zero-order valence-corrected chi connectivity index (χ0v) is 7.40. The van der Waals surface area contributed by atoms with Gasteiger partial charge in [-0.2, -0.15) is 5.26 Å². The first kappa shape index (κ1) is 9.86. The Morgan fingerprint density at radius 1 is 1.64 bits per heavy atom. The van der Waals surface area contributed by atoms with E-state index in [4.69, 9.17) is 16.1 Å². The number of benzene rings is 1. The van der Waals surface area contributed by atoms with Gasteiger partial charge in [0.1, 0.15) is 11.6 Å². The fourth-order valence-electron chi connectivity index (χ4n) is 1.12. The van der Waals surface area contributed by atoms with Gasteiger partial charge in [0.25, 0.3) is 0 Å². The number of nitriles is 1. The summed E-state index contributed by atoms with van der Waals surface area (Å²) in [6, 6.07) is 3.02. The number of carboxylic acids is 1. The molecule has 0 saturated carbocycles. The van der Waals surface area contributed by atoms with Crippen molar-refractivity contribution in [2.45, 2.75) is 6.92 Å². The van der Waals surface area contributed by atoms with Gasteiger partial charge in [0.05, 0.1) is 11.3 Å². The SMILES string of the molecule is Cc1cc(C#N)c(C(=O)O)c(O)c1N. The van der Waals surface area contributed by atoms with E-state index in [1.165, 1.54) is 6.07 Å². The molecule has 1 aromatic carbocycles. The number of rotatable bonds is 1. The number of aromatic carboxylic acids is 1. The lowest BCUT2D eigenvalue weighted by Gasteiger charge is -2.07. The highest BCUT2D eigenvalue weighted by molar-refractivity contribution is 5.96. The lowest BCUT2D eigenvalue weighted by molar-refractivity contribution is 0.0693. The standard InChI is InChI=1S/C9H8N2O3/c1-4-2-5(3-10)6(9(13)14)8(12)7(4)11/h2,12H,11H2,1H3,(H,13,14). The largest absolute Gasteiger partial charge is 0.505 e. The third kappa shape index (κ3) is 1.33. The van der Waals surface area contributed by atoms with Gasteiger partial charge in [-0.25, -0.2) is 4.79 Å². The molecule has 0 bridgehead atoms. The van der Waals surface area contributed by atoms with Gasteiger partial charge >= 0.3 is 5.97 Å². The summed E-state index contributed by atoms with van der Waals surface area (Å²) in [5.41, 5.74) is 5.34. The van der Waals surface area contributed by atoms with Crippen LogP contribution in [0.4, 0.5) is 5.69 Å². The number of carbonyl (C=O) groups is 1. The zero-order chi connectivity index (χ0) is 10.9. The van der Waals surface area contributed by atoms with E-state index in [9.17, 15) is 9.90 Å². The average Bonchev–Trinajstić information content (AvgIpc) is 2.12. The molecule has 5 nitrogen and oxygen atoms in total. The molecule has 0 heterocycles. The summed E-state index contributed by atoms with van der Waals surface area (Å²) in [5, 5.41) is 26.8. The Kier molecular flexibility index (Phi) is 2.30. The topological polar surface area (TPSA) is 107 Å². The van der Waals surface area contributed by atoms with E-state index in [0.717, 1.165) is 0 Å². The fourth-order valence-corrected chi connectivity index (χ4v) is 1.12. The summed E-state index contributed by atoms with van der Waals surface area (Å²) in [7, 11) is 0. The van der Waals surface area contributed by atoms with Gasteiger partial charge in [-0.15, -0.1) is 0 Å². The maximum atomic E-state index is 10.7. The Morgan fingerprint density at radius 2 is 2.21 bits per heavy atom. The first-order valence-electron chi connectivity index (χ1n) is 3.74. The molecule has 0 aliphatic heterocycles. The third-order valence-electron chi connectivity index (χ3n) is 1.88. The summed E-state index contributed by atoms with van der Waals surface area (Å²) >= 11 is 0. The Hall–Kier alpha value is -2.22. The number of hydrogen-bond donors (Lipinski definition) is 3. The predicted octanol–water partition coefficient (Wildman–Crippen LogP) is 0.853. The monoisotopic (exact) mass is 192 g/mol. The van der Waals surface area contributed by atoms with Gasteiger partial charge in [-0.05, 0) is 18.6 Å². The molecular weight excluding hydrogens is 184 g/mol. The molecule has 72 valence electrons. The van der Waals surface area contributed by atoms with E-state index in [-0.39, 0.29) is 11.3 Å². The Morgan fingerprint density at radius 3 is 2.64 bits per heavy atom. The molecule has 4 N–H and O–H groups in total. The van der Waals surface area contributed by atoms with Crippen LogP contribution in [-0.4, -0.2) is 16.2 Å². The molecule has 0 aliphatic rings. The highest BCUT2D eigenvalue weighted by Crippen LogP contribution is 2.31. The summed E-state index contributed by atoms with van der Waals surface area (Å²) in [4.78, 5) is 10.7. The maximum absolute atomic E-state index is 10.7. The number of nitrogen functional groups attached to an aromatic ring is 1. The number of nitrogens with two attached hydrogens (primary N) is 1. The van der Waals surface area contributed by atoms with Crippen LogP contribution in [0.5, 0.6) is 5.75 Å². The van der Waals surface area contributed by atoms with Gasteiger partial charge in [0, 0.05) is 0 Å².